The highest BCUT2D eigenvalue weighted by Crippen LogP contribution is 2.15. The summed E-state index contributed by atoms with van der Waals surface area (Å²) in [5.74, 6) is 0.238. The lowest BCUT2D eigenvalue weighted by atomic mass is 10.1. The molecule has 0 radical (unpaired) electrons. The quantitative estimate of drug-likeness (QED) is 0.732. The Bertz CT molecular complexity index is 841. The summed E-state index contributed by atoms with van der Waals surface area (Å²) >= 11 is 0. The van der Waals surface area contributed by atoms with E-state index in [1.165, 1.54) is 0 Å². The molecule has 2 aromatic carbocycles. The summed E-state index contributed by atoms with van der Waals surface area (Å²) < 4.78 is 5.12. The first-order valence-corrected chi connectivity index (χ1v) is 7.74. The fourth-order valence-corrected chi connectivity index (χ4v) is 2.44. The Morgan fingerprint density at radius 1 is 0.875 bits per heavy atom. The van der Waals surface area contributed by atoms with Crippen LogP contribution >= 0.6 is 0 Å². The first-order chi connectivity index (χ1) is 11.7. The van der Waals surface area contributed by atoms with E-state index in [1.54, 1.807) is 18.4 Å². The van der Waals surface area contributed by atoms with E-state index < -0.39 is 0 Å². The minimum absolute atomic E-state index is 0.0485. The van der Waals surface area contributed by atoms with E-state index in [2.05, 4.69) is 10.6 Å². The number of amides is 2. The molecular weight excluding hydrogens is 304 g/mol. The van der Waals surface area contributed by atoms with Gasteiger partial charge in [0.2, 0.25) is 11.8 Å². The molecule has 122 valence electrons. The zero-order valence-corrected chi connectivity index (χ0v) is 13.1. The summed E-state index contributed by atoms with van der Waals surface area (Å²) in [4.78, 5) is 23.7. The van der Waals surface area contributed by atoms with Crippen LogP contribution in [0.4, 0.5) is 0 Å². The highest BCUT2D eigenvalue weighted by Gasteiger charge is 2.07. The van der Waals surface area contributed by atoms with Gasteiger partial charge < -0.3 is 15.1 Å². The standard InChI is InChI=1S/C19H18N2O3/c22-18(21-13-19(23)20-12-17-6-3-9-24-17)11-14-7-8-15-4-1-2-5-16(15)10-14/h1-10H,11-13H2,(H,20,23)(H,21,22). The van der Waals surface area contributed by atoms with Gasteiger partial charge in [-0.25, -0.2) is 0 Å². The van der Waals surface area contributed by atoms with Crippen LogP contribution < -0.4 is 10.6 Å². The van der Waals surface area contributed by atoms with Crippen molar-refractivity contribution in [2.45, 2.75) is 13.0 Å². The molecule has 2 amide bonds. The molecule has 1 heterocycles. The summed E-state index contributed by atoms with van der Waals surface area (Å²) in [7, 11) is 0. The summed E-state index contributed by atoms with van der Waals surface area (Å²) in [6, 6.07) is 17.4. The lowest BCUT2D eigenvalue weighted by molar-refractivity contribution is -0.125. The van der Waals surface area contributed by atoms with Gasteiger partial charge in [-0.2, -0.15) is 0 Å². The second-order valence-corrected chi connectivity index (χ2v) is 5.49. The molecule has 0 atom stereocenters. The fraction of sp³-hybridized carbons (Fsp3) is 0.158. The minimum Gasteiger partial charge on any atom is -0.467 e. The number of carbonyl (C=O) groups excluding carboxylic acids is 2. The lowest BCUT2D eigenvalue weighted by Crippen LogP contribution is -2.37. The molecule has 0 spiro atoms. The van der Waals surface area contributed by atoms with Crippen LogP contribution in [0.25, 0.3) is 10.8 Å². The van der Waals surface area contributed by atoms with Crippen molar-refractivity contribution in [3.63, 3.8) is 0 Å². The van der Waals surface area contributed by atoms with Crippen LogP contribution in [-0.2, 0) is 22.6 Å². The molecule has 0 aliphatic rings. The van der Waals surface area contributed by atoms with Crippen molar-refractivity contribution in [1.82, 2.24) is 10.6 Å². The third kappa shape index (κ3) is 4.23. The predicted octanol–water partition coefficient (Wildman–Crippen LogP) is 2.41. The van der Waals surface area contributed by atoms with Crippen LogP contribution in [-0.4, -0.2) is 18.4 Å². The molecule has 0 aliphatic heterocycles. The van der Waals surface area contributed by atoms with E-state index in [4.69, 9.17) is 4.42 Å². The van der Waals surface area contributed by atoms with E-state index in [0.29, 0.717) is 12.3 Å². The minimum atomic E-state index is -0.252. The molecule has 3 rings (SSSR count). The predicted molar refractivity (Wildman–Crippen MR) is 91.2 cm³/mol. The second-order valence-electron chi connectivity index (χ2n) is 5.49. The Morgan fingerprint density at radius 2 is 1.71 bits per heavy atom. The molecular formula is C19H18N2O3. The summed E-state index contributed by atoms with van der Waals surface area (Å²) in [6.07, 6.45) is 1.79. The number of benzene rings is 2. The van der Waals surface area contributed by atoms with Crippen molar-refractivity contribution >= 4 is 22.6 Å². The summed E-state index contributed by atoms with van der Waals surface area (Å²) in [5, 5.41) is 7.54. The van der Waals surface area contributed by atoms with Crippen molar-refractivity contribution in [2.24, 2.45) is 0 Å². The fourth-order valence-electron chi connectivity index (χ4n) is 2.44. The molecule has 1 aromatic heterocycles. The second kappa shape index (κ2) is 7.46. The number of rotatable bonds is 6. The maximum atomic E-state index is 12.0. The van der Waals surface area contributed by atoms with E-state index in [-0.39, 0.29) is 24.8 Å². The third-order valence-corrected chi connectivity index (χ3v) is 3.66. The Balaban J connectivity index is 1.46. The van der Waals surface area contributed by atoms with Gasteiger partial charge in [-0.05, 0) is 28.5 Å². The number of nitrogens with one attached hydrogen (secondary N) is 2. The summed E-state index contributed by atoms with van der Waals surface area (Å²) in [5.41, 5.74) is 0.919. The molecule has 0 unspecified atom stereocenters. The average Bonchev–Trinajstić information content (AvgIpc) is 3.11. The monoisotopic (exact) mass is 322 g/mol. The third-order valence-electron chi connectivity index (χ3n) is 3.66. The Morgan fingerprint density at radius 3 is 2.50 bits per heavy atom. The first-order valence-electron chi connectivity index (χ1n) is 7.74. The van der Waals surface area contributed by atoms with E-state index in [1.807, 2.05) is 42.5 Å². The van der Waals surface area contributed by atoms with Crippen LogP contribution in [0.1, 0.15) is 11.3 Å². The normalized spacial score (nSPS) is 10.5. The lowest BCUT2D eigenvalue weighted by Gasteiger charge is -2.07. The molecule has 0 saturated heterocycles. The van der Waals surface area contributed by atoms with Crippen molar-refractivity contribution in [1.29, 1.82) is 0 Å². The van der Waals surface area contributed by atoms with Gasteiger partial charge in [0, 0.05) is 0 Å². The van der Waals surface area contributed by atoms with E-state index in [9.17, 15) is 9.59 Å². The maximum Gasteiger partial charge on any atom is 0.239 e. The molecule has 0 aliphatic carbocycles. The number of furan rings is 1. The molecule has 2 N–H and O–H groups in total. The van der Waals surface area contributed by atoms with Crippen LogP contribution in [0.2, 0.25) is 0 Å². The van der Waals surface area contributed by atoms with E-state index in [0.717, 1.165) is 16.3 Å². The van der Waals surface area contributed by atoms with Crippen molar-refractivity contribution in [2.75, 3.05) is 6.54 Å². The van der Waals surface area contributed by atoms with Gasteiger partial charge in [0.1, 0.15) is 5.76 Å². The van der Waals surface area contributed by atoms with Crippen molar-refractivity contribution < 1.29 is 14.0 Å². The van der Waals surface area contributed by atoms with Gasteiger partial charge in [0.15, 0.2) is 0 Å². The SMILES string of the molecule is O=C(CNC(=O)Cc1ccc2ccccc2c1)NCc1ccco1. The van der Waals surface area contributed by atoms with Gasteiger partial charge in [-0.3, -0.25) is 9.59 Å². The van der Waals surface area contributed by atoms with Gasteiger partial charge in [-0.1, -0.05) is 42.5 Å². The molecule has 24 heavy (non-hydrogen) atoms. The Labute approximate surface area is 139 Å². The topological polar surface area (TPSA) is 71.3 Å². The first kappa shape index (κ1) is 15.8. The maximum absolute atomic E-state index is 12.0. The largest absolute Gasteiger partial charge is 0.467 e. The Kier molecular flexibility index (Phi) is 4.91. The Hall–Kier alpha value is -3.08. The van der Waals surface area contributed by atoms with Crippen LogP contribution in [0.3, 0.4) is 0 Å². The van der Waals surface area contributed by atoms with Crippen LogP contribution in [0.5, 0.6) is 0 Å². The van der Waals surface area contributed by atoms with Crippen molar-refractivity contribution in [3.05, 3.63) is 72.2 Å². The van der Waals surface area contributed by atoms with Gasteiger partial charge in [-0.15, -0.1) is 0 Å². The highest BCUT2D eigenvalue weighted by molar-refractivity contribution is 5.87. The molecule has 3 aromatic rings. The van der Waals surface area contributed by atoms with Crippen LogP contribution in [0, 0.1) is 0 Å². The molecule has 0 fully saturated rings. The molecule has 5 nitrogen and oxygen atoms in total. The average molecular weight is 322 g/mol. The number of carbonyl (C=O) groups is 2. The number of hydrogen-bond donors (Lipinski definition) is 2. The van der Waals surface area contributed by atoms with Crippen molar-refractivity contribution in [3.8, 4) is 0 Å². The number of hydrogen-bond acceptors (Lipinski definition) is 3. The number of fused-ring (bicyclic) bond motifs is 1. The molecule has 0 bridgehead atoms. The van der Waals surface area contributed by atoms with Gasteiger partial charge >= 0.3 is 0 Å². The smallest absolute Gasteiger partial charge is 0.239 e. The van der Waals surface area contributed by atoms with Gasteiger partial charge in [0.05, 0.1) is 25.8 Å². The zero-order chi connectivity index (χ0) is 16.8. The highest BCUT2D eigenvalue weighted by atomic mass is 16.3. The summed E-state index contributed by atoms with van der Waals surface area (Å²) in [6.45, 7) is 0.263. The van der Waals surface area contributed by atoms with E-state index >= 15 is 0 Å². The molecule has 5 heteroatoms. The zero-order valence-electron chi connectivity index (χ0n) is 13.1. The van der Waals surface area contributed by atoms with Crippen LogP contribution in [0.15, 0.2) is 65.3 Å². The van der Waals surface area contributed by atoms with Gasteiger partial charge in [0.25, 0.3) is 0 Å². The molecule has 0 saturated carbocycles.